The van der Waals surface area contributed by atoms with Crippen molar-refractivity contribution in [2.24, 2.45) is 11.8 Å². The summed E-state index contributed by atoms with van der Waals surface area (Å²) in [5, 5.41) is 3.12. The number of carbonyl (C=O) groups excluding carboxylic acids is 1. The predicted octanol–water partition coefficient (Wildman–Crippen LogP) is 4.91. The van der Waals surface area contributed by atoms with Crippen molar-refractivity contribution in [2.45, 2.75) is 59.6 Å². The van der Waals surface area contributed by atoms with Crippen molar-refractivity contribution < 1.29 is 18.0 Å². The number of amides is 1. The second kappa shape index (κ2) is 10.2. The highest BCUT2D eigenvalue weighted by atomic mass is 19.4. The Morgan fingerprint density at radius 3 is 2.16 bits per heavy atom. The van der Waals surface area contributed by atoms with Crippen molar-refractivity contribution in [3.05, 3.63) is 52.0 Å². The number of anilines is 1. The highest BCUT2D eigenvalue weighted by molar-refractivity contribution is 5.97. The van der Waals surface area contributed by atoms with Crippen molar-refractivity contribution >= 4 is 11.7 Å². The van der Waals surface area contributed by atoms with Gasteiger partial charge in [0.05, 0.1) is 0 Å². The molecule has 1 saturated carbocycles. The summed E-state index contributed by atoms with van der Waals surface area (Å²) in [5.74, 6) is 1.56. The Morgan fingerprint density at radius 1 is 0.973 bits per heavy atom. The summed E-state index contributed by atoms with van der Waals surface area (Å²) in [6.45, 7) is 15.9. The largest absolute Gasteiger partial charge is 0.433 e. The van der Waals surface area contributed by atoms with E-state index in [4.69, 9.17) is 0 Å². The van der Waals surface area contributed by atoms with Crippen molar-refractivity contribution in [3.8, 4) is 0 Å². The van der Waals surface area contributed by atoms with Gasteiger partial charge in [0.2, 0.25) is 0 Å². The molecule has 37 heavy (non-hydrogen) atoms. The molecule has 1 aromatic carbocycles. The van der Waals surface area contributed by atoms with Crippen LogP contribution < -0.4 is 10.2 Å². The fourth-order valence-corrected chi connectivity index (χ4v) is 5.20. The molecule has 1 amide bonds. The topological polar surface area (TPSA) is 61.4 Å². The molecule has 1 aromatic heterocycles. The molecule has 0 spiro atoms. The molecule has 9 heteroatoms. The van der Waals surface area contributed by atoms with Crippen molar-refractivity contribution in [1.29, 1.82) is 0 Å². The predicted molar refractivity (Wildman–Crippen MR) is 139 cm³/mol. The fourth-order valence-electron chi connectivity index (χ4n) is 5.20. The number of alkyl halides is 3. The molecule has 2 unspecified atom stereocenters. The maximum Gasteiger partial charge on any atom is 0.433 e. The van der Waals surface area contributed by atoms with E-state index in [1.54, 1.807) is 0 Å². The van der Waals surface area contributed by atoms with Crippen LogP contribution in [0.25, 0.3) is 0 Å². The number of aromatic nitrogens is 2. The average Bonchev–Trinajstić information content (AvgIpc) is 3.53. The monoisotopic (exact) mass is 517 g/mol. The van der Waals surface area contributed by atoms with E-state index in [-0.39, 0.29) is 11.7 Å². The van der Waals surface area contributed by atoms with Gasteiger partial charge in [-0.3, -0.25) is 9.69 Å². The molecule has 2 aromatic rings. The molecule has 0 bridgehead atoms. The van der Waals surface area contributed by atoms with Gasteiger partial charge in [-0.2, -0.15) is 13.2 Å². The van der Waals surface area contributed by atoms with Gasteiger partial charge in [0.15, 0.2) is 0 Å². The number of nitrogens with one attached hydrogen (secondary N) is 1. The SMILES string of the molecule is Cc1cc(C)c(C(=O)NCC2CC2CN2CCN(c3cc(C(F)(F)F)nc(C(C)(C)C)n3)CC2)c(C)c1. The summed E-state index contributed by atoms with van der Waals surface area (Å²) in [4.78, 5) is 25.4. The number of halogens is 3. The lowest BCUT2D eigenvalue weighted by molar-refractivity contribution is -0.141. The molecule has 1 saturated heterocycles. The fraction of sp³-hybridized carbons (Fsp3) is 0.607. The van der Waals surface area contributed by atoms with Crippen LogP contribution in [-0.4, -0.2) is 60.0 Å². The van der Waals surface area contributed by atoms with Crippen molar-refractivity contribution in [3.63, 3.8) is 0 Å². The van der Waals surface area contributed by atoms with Gasteiger partial charge in [-0.25, -0.2) is 9.97 Å². The van der Waals surface area contributed by atoms with E-state index < -0.39 is 17.3 Å². The van der Waals surface area contributed by atoms with Crippen LogP contribution >= 0.6 is 0 Å². The minimum atomic E-state index is -4.51. The zero-order valence-corrected chi connectivity index (χ0v) is 22.7. The Kier molecular flexibility index (Phi) is 7.57. The molecule has 1 N–H and O–H groups in total. The van der Waals surface area contributed by atoms with Gasteiger partial charge in [0, 0.05) is 56.3 Å². The normalized spacial score (nSPS) is 20.7. The summed E-state index contributed by atoms with van der Waals surface area (Å²) in [7, 11) is 0. The first-order valence-electron chi connectivity index (χ1n) is 13.0. The first-order chi connectivity index (χ1) is 17.2. The molecule has 202 valence electrons. The van der Waals surface area contributed by atoms with Crippen LogP contribution in [-0.2, 0) is 11.6 Å². The molecule has 2 heterocycles. The van der Waals surface area contributed by atoms with E-state index in [0.29, 0.717) is 37.3 Å². The van der Waals surface area contributed by atoms with Gasteiger partial charge in [0.25, 0.3) is 5.91 Å². The molecule has 1 aliphatic heterocycles. The van der Waals surface area contributed by atoms with Crippen LogP contribution in [0.3, 0.4) is 0 Å². The zero-order valence-electron chi connectivity index (χ0n) is 22.7. The molecule has 2 aliphatic rings. The summed E-state index contributed by atoms with van der Waals surface area (Å²) in [5.41, 5.74) is 2.46. The van der Waals surface area contributed by atoms with E-state index in [1.165, 1.54) is 0 Å². The number of aryl methyl sites for hydroxylation is 3. The maximum atomic E-state index is 13.5. The molecule has 4 rings (SSSR count). The smallest absolute Gasteiger partial charge is 0.354 e. The van der Waals surface area contributed by atoms with Gasteiger partial charge < -0.3 is 10.2 Å². The second-order valence-corrected chi connectivity index (χ2v) is 11.7. The number of piperazine rings is 1. The summed E-state index contributed by atoms with van der Waals surface area (Å²) < 4.78 is 40.4. The van der Waals surface area contributed by atoms with E-state index in [0.717, 1.165) is 54.4 Å². The Morgan fingerprint density at radius 2 is 1.59 bits per heavy atom. The van der Waals surface area contributed by atoms with E-state index in [9.17, 15) is 18.0 Å². The minimum Gasteiger partial charge on any atom is -0.354 e. The average molecular weight is 518 g/mol. The third-order valence-corrected chi connectivity index (χ3v) is 7.36. The van der Waals surface area contributed by atoms with Crippen LogP contribution in [0, 0.1) is 32.6 Å². The van der Waals surface area contributed by atoms with Crippen LogP contribution in [0.1, 0.15) is 65.8 Å². The first-order valence-corrected chi connectivity index (χ1v) is 13.0. The number of hydrogen-bond acceptors (Lipinski definition) is 5. The second-order valence-electron chi connectivity index (χ2n) is 11.7. The van der Waals surface area contributed by atoms with Gasteiger partial charge in [-0.15, -0.1) is 0 Å². The van der Waals surface area contributed by atoms with Crippen LogP contribution in [0.5, 0.6) is 0 Å². The summed E-state index contributed by atoms with van der Waals surface area (Å²) >= 11 is 0. The Balaban J connectivity index is 1.28. The Bertz CT molecular complexity index is 1090. The van der Waals surface area contributed by atoms with Crippen molar-refractivity contribution in [2.75, 3.05) is 44.2 Å². The van der Waals surface area contributed by atoms with E-state index in [1.807, 2.05) is 58.6 Å². The number of carbonyl (C=O) groups is 1. The lowest BCUT2D eigenvalue weighted by Gasteiger charge is -2.36. The maximum absolute atomic E-state index is 13.5. The Hall–Kier alpha value is -2.68. The highest BCUT2D eigenvalue weighted by Gasteiger charge is 2.39. The van der Waals surface area contributed by atoms with Crippen LogP contribution in [0.4, 0.5) is 19.0 Å². The molecule has 2 atom stereocenters. The summed E-state index contributed by atoms with van der Waals surface area (Å²) in [6.07, 6.45) is -3.42. The number of nitrogens with zero attached hydrogens (tertiary/aromatic N) is 4. The number of rotatable bonds is 6. The molecular weight excluding hydrogens is 479 g/mol. The first kappa shape index (κ1) is 27.4. The standard InChI is InChI=1S/C28H38F3N5O/c1-17-11-18(2)24(19(3)12-17)25(37)32-15-20-13-21(20)16-35-7-9-36(10-8-35)23-14-22(28(29,30)31)33-26(34-23)27(4,5)6/h11-12,14,20-21H,7-10,13,15-16H2,1-6H3,(H,32,37). The van der Waals surface area contributed by atoms with Crippen LogP contribution in [0.15, 0.2) is 18.2 Å². The Labute approximate surface area is 217 Å². The van der Waals surface area contributed by atoms with Crippen molar-refractivity contribution in [1.82, 2.24) is 20.2 Å². The third-order valence-electron chi connectivity index (χ3n) is 7.36. The van der Waals surface area contributed by atoms with Gasteiger partial charge in [-0.1, -0.05) is 38.5 Å². The van der Waals surface area contributed by atoms with Crippen LogP contribution in [0.2, 0.25) is 0 Å². The highest BCUT2D eigenvalue weighted by Crippen LogP contribution is 2.39. The number of benzene rings is 1. The zero-order chi connectivity index (χ0) is 27.1. The minimum absolute atomic E-state index is 0.00744. The summed E-state index contributed by atoms with van der Waals surface area (Å²) in [6, 6.07) is 5.15. The quantitative estimate of drug-likeness (QED) is 0.590. The third kappa shape index (κ3) is 6.61. The van der Waals surface area contributed by atoms with Gasteiger partial charge in [-0.05, 0) is 50.2 Å². The van der Waals surface area contributed by atoms with E-state index >= 15 is 0 Å². The molecule has 1 aliphatic carbocycles. The van der Waals surface area contributed by atoms with Gasteiger partial charge >= 0.3 is 6.18 Å². The molecule has 2 fully saturated rings. The van der Waals surface area contributed by atoms with Gasteiger partial charge in [0.1, 0.15) is 17.3 Å². The molecule has 0 radical (unpaired) electrons. The number of hydrogen-bond donors (Lipinski definition) is 1. The lowest BCUT2D eigenvalue weighted by atomic mass is 9.95. The van der Waals surface area contributed by atoms with E-state index in [2.05, 4.69) is 20.2 Å². The molecule has 6 nitrogen and oxygen atoms in total. The molecular formula is C28H38F3N5O. The lowest BCUT2D eigenvalue weighted by Crippen LogP contribution is -2.47.